The molecule has 1 fully saturated rings. The lowest BCUT2D eigenvalue weighted by Crippen LogP contribution is -2.26. The quantitative estimate of drug-likeness (QED) is 0.541. The average Bonchev–Trinajstić information content (AvgIpc) is 3.26. The molecule has 0 unspecified atom stereocenters. The highest BCUT2D eigenvalue weighted by Crippen LogP contribution is 2.30. The van der Waals surface area contributed by atoms with Gasteiger partial charge in [0.15, 0.2) is 11.6 Å². The molecule has 1 aliphatic heterocycles. The van der Waals surface area contributed by atoms with Crippen LogP contribution in [0.25, 0.3) is 0 Å². The van der Waals surface area contributed by atoms with Crippen molar-refractivity contribution in [2.75, 3.05) is 22.5 Å². The third-order valence-corrected chi connectivity index (χ3v) is 4.25. The summed E-state index contributed by atoms with van der Waals surface area (Å²) < 4.78 is 38.0. The molecular weight excluding hydrogens is 382 g/mol. The zero-order chi connectivity index (χ0) is 19.4. The van der Waals surface area contributed by atoms with E-state index in [-0.39, 0.29) is 30.2 Å². The zero-order valence-electron chi connectivity index (χ0n) is 13.8. The van der Waals surface area contributed by atoms with Crippen LogP contribution in [0.3, 0.4) is 0 Å². The van der Waals surface area contributed by atoms with Gasteiger partial charge in [0.05, 0.1) is 30.7 Å². The molecule has 1 N–H and O–H groups in total. The van der Waals surface area contributed by atoms with E-state index in [2.05, 4.69) is 26.8 Å². The van der Waals surface area contributed by atoms with Crippen LogP contribution in [0.1, 0.15) is 0 Å². The van der Waals surface area contributed by atoms with Gasteiger partial charge in [-0.1, -0.05) is 11.8 Å². The summed E-state index contributed by atoms with van der Waals surface area (Å²) in [6.45, 7) is 3.95. The lowest BCUT2D eigenvalue weighted by Gasteiger charge is -2.16. The Hall–Kier alpha value is -3.02. The minimum atomic E-state index is -0.914. The summed E-state index contributed by atoms with van der Waals surface area (Å²) in [5.41, 5.74) is -0.197. The Bertz CT molecular complexity index is 840. The van der Waals surface area contributed by atoms with E-state index in [1.165, 1.54) is 10.9 Å². The number of hydrogen-bond acceptors (Lipinski definition) is 8. The van der Waals surface area contributed by atoms with E-state index < -0.39 is 29.5 Å². The van der Waals surface area contributed by atoms with Crippen molar-refractivity contribution in [3.63, 3.8) is 0 Å². The molecule has 12 heteroatoms. The van der Waals surface area contributed by atoms with Crippen LogP contribution < -0.4 is 10.2 Å². The summed E-state index contributed by atoms with van der Waals surface area (Å²) >= 11 is 0.654. The summed E-state index contributed by atoms with van der Waals surface area (Å²) in [7, 11) is 0. The lowest BCUT2D eigenvalue weighted by molar-refractivity contribution is 0.129. The number of amides is 1. The lowest BCUT2D eigenvalue weighted by atomic mass is 10.2. The van der Waals surface area contributed by atoms with Gasteiger partial charge in [0.1, 0.15) is 11.8 Å². The minimum Gasteiger partial charge on any atom is -0.442 e. The fourth-order valence-corrected chi connectivity index (χ4v) is 2.80. The number of aromatic nitrogens is 3. The SMILES string of the molecule is C=C(CSN=O)Nc1c(F)cc(N2C[C@H](Cn3ccnn3)OC2=O)cc1F. The van der Waals surface area contributed by atoms with Crippen LogP contribution in [0, 0.1) is 16.5 Å². The Kier molecular flexibility index (Phi) is 5.64. The molecular formula is C15H14F2N6O3S. The molecule has 1 amide bonds. The molecule has 0 bridgehead atoms. The van der Waals surface area contributed by atoms with E-state index in [1.54, 1.807) is 6.20 Å². The highest BCUT2D eigenvalue weighted by atomic mass is 32.2. The standard InChI is InChI=1S/C15H14F2N6O3S/c1-9(8-27-21-25)19-14-12(16)4-10(5-13(14)17)23-7-11(26-15(23)24)6-22-3-2-18-20-22/h2-5,11,19H,1,6-8H2/t11-/m0/s1. The third kappa shape index (κ3) is 4.39. The monoisotopic (exact) mass is 396 g/mol. The van der Waals surface area contributed by atoms with Crippen LogP contribution in [0.5, 0.6) is 0 Å². The number of halogens is 2. The summed E-state index contributed by atoms with van der Waals surface area (Å²) in [6, 6.07) is 2.03. The molecule has 0 aliphatic carbocycles. The predicted molar refractivity (Wildman–Crippen MR) is 95.0 cm³/mol. The van der Waals surface area contributed by atoms with Crippen molar-refractivity contribution in [3.05, 3.63) is 53.3 Å². The molecule has 0 saturated carbocycles. The van der Waals surface area contributed by atoms with Crippen LogP contribution in [0.2, 0.25) is 0 Å². The topological polar surface area (TPSA) is 102 Å². The highest BCUT2D eigenvalue weighted by molar-refractivity contribution is 7.98. The van der Waals surface area contributed by atoms with Gasteiger partial charge in [-0.05, 0) is 0 Å². The Morgan fingerprint density at radius 1 is 1.44 bits per heavy atom. The molecule has 1 aliphatic rings. The second-order valence-electron chi connectivity index (χ2n) is 5.60. The Morgan fingerprint density at radius 3 is 2.81 bits per heavy atom. The minimum absolute atomic E-state index is 0.0242. The van der Waals surface area contributed by atoms with Gasteiger partial charge >= 0.3 is 6.09 Å². The normalized spacial score (nSPS) is 16.3. The number of rotatable bonds is 8. The summed E-state index contributed by atoms with van der Waals surface area (Å²) in [5.74, 6) is -1.77. The average molecular weight is 396 g/mol. The molecule has 1 atom stereocenters. The van der Waals surface area contributed by atoms with Crippen molar-refractivity contribution in [1.29, 1.82) is 0 Å². The van der Waals surface area contributed by atoms with Crippen LogP contribution in [0.4, 0.5) is 25.0 Å². The number of nitroso groups, excluding NO2 is 1. The summed E-state index contributed by atoms with van der Waals surface area (Å²) in [6.07, 6.45) is 1.86. The second kappa shape index (κ2) is 8.12. The smallest absolute Gasteiger partial charge is 0.414 e. The van der Waals surface area contributed by atoms with Crippen molar-refractivity contribution in [2.45, 2.75) is 12.6 Å². The van der Waals surface area contributed by atoms with Crippen molar-refractivity contribution in [1.82, 2.24) is 15.0 Å². The van der Waals surface area contributed by atoms with E-state index in [0.717, 1.165) is 17.0 Å². The predicted octanol–water partition coefficient (Wildman–Crippen LogP) is 2.92. The maximum Gasteiger partial charge on any atom is 0.414 e. The molecule has 1 saturated heterocycles. The van der Waals surface area contributed by atoms with Gasteiger partial charge in [0, 0.05) is 40.6 Å². The molecule has 27 heavy (non-hydrogen) atoms. The first-order valence-corrected chi connectivity index (χ1v) is 8.63. The third-order valence-electron chi connectivity index (χ3n) is 3.67. The van der Waals surface area contributed by atoms with Crippen LogP contribution in [0.15, 0.2) is 41.4 Å². The van der Waals surface area contributed by atoms with Gasteiger partial charge in [0.25, 0.3) is 0 Å². The second-order valence-corrected chi connectivity index (χ2v) is 6.30. The first-order valence-electron chi connectivity index (χ1n) is 7.68. The molecule has 2 aromatic rings. The van der Waals surface area contributed by atoms with E-state index in [4.69, 9.17) is 4.74 Å². The fourth-order valence-electron chi connectivity index (χ4n) is 2.52. The number of anilines is 2. The first kappa shape index (κ1) is 18.8. The molecule has 2 heterocycles. The van der Waals surface area contributed by atoms with Gasteiger partial charge in [0.2, 0.25) is 0 Å². The highest BCUT2D eigenvalue weighted by Gasteiger charge is 2.33. The number of ether oxygens (including phenoxy) is 1. The number of carbonyl (C=O) groups is 1. The maximum atomic E-state index is 14.3. The van der Waals surface area contributed by atoms with Gasteiger partial charge in [-0.15, -0.1) is 10.0 Å². The van der Waals surface area contributed by atoms with Crippen LogP contribution in [-0.2, 0) is 11.3 Å². The number of cyclic esters (lactones) is 1. The Balaban J connectivity index is 1.72. The Morgan fingerprint density at radius 2 is 2.19 bits per heavy atom. The van der Waals surface area contributed by atoms with Crippen molar-refractivity contribution >= 4 is 29.4 Å². The number of nitrogens with zero attached hydrogens (tertiary/aromatic N) is 5. The molecule has 0 spiro atoms. The van der Waals surface area contributed by atoms with Crippen LogP contribution >= 0.6 is 11.9 Å². The molecule has 1 aromatic heterocycles. The van der Waals surface area contributed by atoms with Gasteiger partial charge < -0.3 is 10.1 Å². The molecule has 9 nitrogen and oxygen atoms in total. The van der Waals surface area contributed by atoms with Gasteiger partial charge in [-0.2, -0.15) is 0 Å². The number of benzene rings is 1. The van der Waals surface area contributed by atoms with Crippen molar-refractivity contribution in [2.24, 2.45) is 4.58 Å². The van der Waals surface area contributed by atoms with E-state index in [0.29, 0.717) is 11.9 Å². The Labute approximate surface area is 156 Å². The number of carbonyl (C=O) groups excluding carboxylic acids is 1. The largest absolute Gasteiger partial charge is 0.442 e. The van der Waals surface area contributed by atoms with Crippen molar-refractivity contribution in [3.8, 4) is 0 Å². The van der Waals surface area contributed by atoms with Gasteiger partial charge in [-0.3, -0.25) is 4.90 Å². The molecule has 142 valence electrons. The van der Waals surface area contributed by atoms with Gasteiger partial charge in [-0.25, -0.2) is 18.3 Å². The van der Waals surface area contributed by atoms with Crippen molar-refractivity contribution < 1.29 is 18.3 Å². The fraction of sp³-hybridized carbons (Fsp3) is 0.267. The summed E-state index contributed by atoms with van der Waals surface area (Å²) in [5, 5.41) is 9.90. The van der Waals surface area contributed by atoms with E-state index in [1.807, 2.05) is 0 Å². The van der Waals surface area contributed by atoms with E-state index in [9.17, 15) is 18.5 Å². The maximum absolute atomic E-state index is 14.3. The molecule has 0 radical (unpaired) electrons. The molecule has 3 rings (SSSR count). The summed E-state index contributed by atoms with van der Waals surface area (Å²) in [4.78, 5) is 23.3. The number of nitrogens with one attached hydrogen (secondary N) is 1. The zero-order valence-corrected chi connectivity index (χ0v) is 14.7. The van der Waals surface area contributed by atoms with Crippen LogP contribution in [-0.4, -0.2) is 39.5 Å². The molecule has 1 aromatic carbocycles. The first-order chi connectivity index (χ1) is 13.0. The number of hydrogen-bond donors (Lipinski definition) is 1. The van der Waals surface area contributed by atoms with E-state index >= 15 is 0 Å².